The number of hydrogen-bond donors (Lipinski definition) is 1. The Labute approximate surface area is 139 Å². The summed E-state index contributed by atoms with van der Waals surface area (Å²) < 4.78 is 0. The molecule has 1 amide bonds. The second-order valence-electron chi connectivity index (χ2n) is 5.43. The SMILES string of the molecule is NC(=O)C1c2cc[c]cc2CCN1Cc1cc(Cl)cc(Cl)c1. The fourth-order valence-electron chi connectivity index (χ4n) is 2.99. The number of fused-ring (bicyclic) bond motifs is 1. The van der Waals surface area contributed by atoms with Crippen LogP contribution < -0.4 is 5.73 Å². The molecule has 0 saturated heterocycles. The van der Waals surface area contributed by atoms with Crippen LogP contribution in [-0.4, -0.2) is 17.4 Å². The van der Waals surface area contributed by atoms with Crippen molar-refractivity contribution in [3.05, 3.63) is 69.2 Å². The molecule has 0 spiro atoms. The zero-order valence-corrected chi connectivity index (χ0v) is 13.4. The molecule has 5 heteroatoms. The van der Waals surface area contributed by atoms with Gasteiger partial charge in [0.1, 0.15) is 6.04 Å². The number of halogens is 2. The molecule has 1 radical (unpaired) electrons. The predicted molar refractivity (Wildman–Crippen MR) is 87.8 cm³/mol. The number of carbonyl (C=O) groups is 1. The highest BCUT2D eigenvalue weighted by atomic mass is 35.5. The lowest BCUT2D eigenvalue weighted by molar-refractivity contribution is -0.124. The van der Waals surface area contributed by atoms with Gasteiger partial charge in [-0.2, -0.15) is 0 Å². The molecule has 1 heterocycles. The Hall–Kier alpha value is -1.55. The summed E-state index contributed by atoms with van der Waals surface area (Å²) >= 11 is 12.1. The topological polar surface area (TPSA) is 46.3 Å². The molecule has 3 rings (SSSR count). The van der Waals surface area contributed by atoms with E-state index in [0.29, 0.717) is 16.6 Å². The Morgan fingerprint density at radius 2 is 2.05 bits per heavy atom. The highest BCUT2D eigenvalue weighted by Crippen LogP contribution is 2.31. The third-order valence-corrected chi connectivity index (χ3v) is 4.33. The first-order chi connectivity index (χ1) is 10.5. The fourth-order valence-corrected chi connectivity index (χ4v) is 3.56. The van der Waals surface area contributed by atoms with Crippen LogP contribution in [-0.2, 0) is 17.8 Å². The molecule has 0 bridgehead atoms. The van der Waals surface area contributed by atoms with Gasteiger partial charge in [0.2, 0.25) is 5.91 Å². The number of nitrogens with zero attached hydrogens (tertiary/aromatic N) is 1. The summed E-state index contributed by atoms with van der Waals surface area (Å²) in [6.45, 7) is 1.33. The van der Waals surface area contributed by atoms with Gasteiger partial charge in [0, 0.05) is 23.1 Å². The monoisotopic (exact) mass is 333 g/mol. The first-order valence-electron chi connectivity index (χ1n) is 7.02. The number of primary amides is 1. The summed E-state index contributed by atoms with van der Waals surface area (Å²) in [6.07, 6.45) is 0.866. The lowest BCUT2D eigenvalue weighted by Gasteiger charge is -2.35. The first-order valence-corrected chi connectivity index (χ1v) is 7.77. The zero-order valence-electron chi connectivity index (χ0n) is 11.9. The summed E-state index contributed by atoms with van der Waals surface area (Å²) in [5, 5.41) is 1.18. The molecule has 1 atom stereocenters. The highest BCUT2D eigenvalue weighted by molar-refractivity contribution is 6.34. The molecule has 3 nitrogen and oxygen atoms in total. The van der Waals surface area contributed by atoms with E-state index < -0.39 is 6.04 Å². The van der Waals surface area contributed by atoms with Crippen molar-refractivity contribution in [2.45, 2.75) is 19.0 Å². The van der Waals surface area contributed by atoms with Crippen molar-refractivity contribution in [2.75, 3.05) is 6.54 Å². The molecule has 2 N–H and O–H groups in total. The van der Waals surface area contributed by atoms with E-state index in [-0.39, 0.29) is 5.91 Å². The van der Waals surface area contributed by atoms with Crippen LogP contribution in [0.2, 0.25) is 10.0 Å². The van der Waals surface area contributed by atoms with E-state index in [4.69, 9.17) is 28.9 Å². The van der Waals surface area contributed by atoms with Crippen LogP contribution in [0, 0.1) is 6.07 Å². The number of hydrogen-bond acceptors (Lipinski definition) is 2. The zero-order chi connectivity index (χ0) is 15.7. The number of rotatable bonds is 3. The van der Waals surface area contributed by atoms with Crippen molar-refractivity contribution in [3.63, 3.8) is 0 Å². The number of carbonyl (C=O) groups excluding carboxylic acids is 1. The van der Waals surface area contributed by atoms with Crippen molar-refractivity contribution in [2.24, 2.45) is 5.73 Å². The van der Waals surface area contributed by atoms with Crippen molar-refractivity contribution in [3.8, 4) is 0 Å². The van der Waals surface area contributed by atoms with Gasteiger partial charge in [0.25, 0.3) is 0 Å². The average molecular weight is 334 g/mol. The molecule has 1 aliphatic heterocycles. The van der Waals surface area contributed by atoms with Crippen molar-refractivity contribution < 1.29 is 4.79 Å². The molecule has 0 fully saturated rings. The number of benzene rings is 2. The number of amides is 1. The molecule has 113 valence electrons. The molecule has 2 aromatic carbocycles. The number of nitrogens with two attached hydrogens (primary N) is 1. The quantitative estimate of drug-likeness (QED) is 0.935. The van der Waals surface area contributed by atoms with Gasteiger partial charge in [-0.15, -0.1) is 0 Å². The minimum Gasteiger partial charge on any atom is -0.368 e. The van der Waals surface area contributed by atoms with E-state index >= 15 is 0 Å². The first kappa shape index (κ1) is 15.3. The smallest absolute Gasteiger partial charge is 0.239 e. The van der Waals surface area contributed by atoms with Crippen molar-refractivity contribution in [1.29, 1.82) is 0 Å². The molecule has 22 heavy (non-hydrogen) atoms. The molecule has 1 aliphatic rings. The Morgan fingerprint density at radius 1 is 1.32 bits per heavy atom. The van der Waals surface area contributed by atoms with Crippen LogP contribution in [0.15, 0.2) is 36.4 Å². The lowest BCUT2D eigenvalue weighted by Crippen LogP contribution is -2.42. The van der Waals surface area contributed by atoms with Crippen molar-refractivity contribution >= 4 is 29.1 Å². The molecular weight excluding hydrogens is 319 g/mol. The fraction of sp³-hybridized carbons (Fsp3) is 0.235. The maximum Gasteiger partial charge on any atom is 0.239 e. The van der Waals surface area contributed by atoms with Gasteiger partial charge in [-0.3, -0.25) is 9.69 Å². The Balaban J connectivity index is 1.92. The van der Waals surface area contributed by atoms with Crippen LogP contribution >= 0.6 is 23.2 Å². The van der Waals surface area contributed by atoms with Gasteiger partial charge in [-0.25, -0.2) is 0 Å². The Bertz CT molecular complexity index is 697. The average Bonchev–Trinajstić information content (AvgIpc) is 2.45. The van der Waals surface area contributed by atoms with Crippen LogP contribution in [0.4, 0.5) is 0 Å². The minimum absolute atomic E-state index is 0.347. The third-order valence-electron chi connectivity index (χ3n) is 3.89. The van der Waals surface area contributed by atoms with Crippen LogP contribution in [0.1, 0.15) is 22.7 Å². The van der Waals surface area contributed by atoms with E-state index in [0.717, 1.165) is 29.7 Å². The maximum absolute atomic E-state index is 12.0. The Kier molecular flexibility index (Phi) is 4.39. The summed E-state index contributed by atoms with van der Waals surface area (Å²) in [6, 6.07) is 13.7. The maximum atomic E-state index is 12.0. The second kappa shape index (κ2) is 6.29. The van der Waals surface area contributed by atoms with Crippen LogP contribution in [0.25, 0.3) is 0 Å². The second-order valence-corrected chi connectivity index (χ2v) is 6.30. The van der Waals surface area contributed by atoms with Gasteiger partial charge in [-0.05, 0) is 47.4 Å². The van der Waals surface area contributed by atoms with E-state index in [1.54, 1.807) is 6.07 Å². The Morgan fingerprint density at radius 3 is 2.73 bits per heavy atom. The van der Waals surface area contributed by atoms with Crippen LogP contribution in [0.5, 0.6) is 0 Å². The van der Waals surface area contributed by atoms with Crippen LogP contribution in [0.3, 0.4) is 0 Å². The normalized spacial score (nSPS) is 18.0. The molecular formula is C17H15Cl2N2O. The van der Waals surface area contributed by atoms with Gasteiger partial charge < -0.3 is 5.73 Å². The van der Waals surface area contributed by atoms with Gasteiger partial charge >= 0.3 is 0 Å². The molecule has 1 unspecified atom stereocenters. The predicted octanol–water partition coefficient (Wildman–Crippen LogP) is 3.38. The molecule has 2 aromatic rings. The van der Waals surface area contributed by atoms with Crippen molar-refractivity contribution in [1.82, 2.24) is 4.90 Å². The van der Waals surface area contributed by atoms with E-state index in [2.05, 4.69) is 11.0 Å². The summed E-state index contributed by atoms with van der Waals surface area (Å²) in [5.74, 6) is -0.347. The summed E-state index contributed by atoms with van der Waals surface area (Å²) in [4.78, 5) is 14.0. The molecule has 0 aliphatic carbocycles. The van der Waals surface area contributed by atoms with E-state index in [1.807, 2.05) is 30.3 Å². The minimum atomic E-state index is -0.434. The van der Waals surface area contributed by atoms with E-state index in [1.165, 1.54) is 0 Å². The largest absolute Gasteiger partial charge is 0.368 e. The molecule has 0 aromatic heterocycles. The van der Waals surface area contributed by atoms with Gasteiger partial charge in [-0.1, -0.05) is 41.4 Å². The summed E-state index contributed by atoms with van der Waals surface area (Å²) in [7, 11) is 0. The standard InChI is InChI=1S/C17H15Cl2N2O/c18-13-7-11(8-14(19)9-13)10-21-6-5-12-3-1-2-4-15(12)16(21)17(20)22/h2-4,7-9,16H,5-6,10H2,(H2,20,22). The third kappa shape index (κ3) is 3.12. The lowest BCUT2D eigenvalue weighted by atomic mass is 9.92. The molecule has 0 saturated carbocycles. The van der Waals surface area contributed by atoms with Gasteiger partial charge in [0.05, 0.1) is 0 Å². The van der Waals surface area contributed by atoms with E-state index in [9.17, 15) is 4.79 Å². The highest BCUT2D eigenvalue weighted by Gasteiger charge is 2.31. The summed E-state index contributed by atoms with van der Waals surface area (Å²) in [5.41, 5.74) is 8.70. The van der Waals surface area contributed by atoms with Gasteiger partial charge in [0.15, 0.2) is 0 Å².